The van der Waals surface area contributed by atoms with Crippen molar-refractivity contribution in [2.24, 2.45) is 5.73 Å². The van der Waals surface area contributed by atoms with Crippen molar-refractivity contribution in [1.29, 1.82) is 0 Å². The van der Waals surface area contributed by atoms with Crippen LogP contribution < -0.4 is 10.5 Å². The molecule has 0 heterocycles. The van der Waals surface area contributed by atoms with E-state index in [0.29, 0.717) is 17.9 Å². The maximum atomic E-state index is 13.1. The second kappa shape index (κ2) is 7.34. The Morgan fingerprint density at radius 3 is 2.52 bits per heavy atom. The lowest BCUT2D eigenvalue weighted by Gasteiger charge is -2.23. The molecule has 2 aromatic carbocycles. The molecule has 0 spiro atoms. The largest absolute Gasteiger partial charge is 0.484 e. The van der Waals surface area contributed by atoms with Gasteiger partial charge in [-0.1, -0.05) is 18.2 Å². The lowest BCUT2D eigenvalue weighted by atomic mass is 10.1. The van der Waals surface area contributed by atoms with Crippen molar-refractivity contribution in [2.75, 3.05) is 6.61 Å². The summed E-state index contributed by atoms with van der Waals surface area (Å²) in [5, 5.41) is 0. The number of carbonyl (C=O) groups is 2. The minimum atomic E-state index is -0.576. The van der Waals surface area contributed by atoms with Crippen LogP contribution in [0.2, 0.25) is 0 Å². The van der Waals surface area contributed by atoms with E-state index < -0.39 is 5.91 Å². The Balaban J connectivity index is 1.75. The fourth-order valence-electron chi connectivity index (χ4n) is 2.58. The summed E-state index contributed by atoms with van der Waals surface area (Å²) < 4.78 is 18.3. The molecule has 0 unspecified atom stereocenters. The monoisotopic (exact) mass is 342 g/mol. The van der Waals surface area contributed by atoms with Crippen LogP contribution in [0.15, 0.2) is 48.5 Å². The molecule has 0 bridgehead atoms. The Labute approximate surface area is 145 Å². The molecule has 5 nitrogen and oxygen atoms in total. The first-order chi connectivity index (χ1) is 12.0. The highest BCUT2D eigenvalue weighted by Gasteiger charge is 2.33. The Kier molecular flexibility index (Phi) is 4.97. The normalized spacial score (nSPS) is 13.3. The molecule has 2 amide bonds. The van der Waals surface area contributed by atoms with Gasteiger partial charge in [0, 0.05) is 18.2 Å². The topological polar surface area (TPSA) is 72.6 Å². The number of primary amides is 1. The molecular weight excluding hydrogens is 323 g/mol. The first-order valence-corrected chi connectivity index (χ1v) is 8.09. The van der Waals surface area contributed by atoms with E-state index in [9.17, 15) is 14.0 Å². The van der Waals surface area contributed by atoms with Crippen LogP contribution in [0, 0.1) is 5.82 Å². The second-order valence-electron chi connectivity index (χ2n) is 6.07. The van der Waals surface area contributed by atoms with Gasteiger partial charge in [-0.3, -0.25) is 9.59 Å². The Morgan fingerprint density at radius 1 is 1.16 bits per heavy atom. The molecule has 2 N–H and O–H groups in total. The predicted molar refractivity (Wildman–Crippen MR) is 90.4 cm³/mol. The highest BCUT2D eigenvalue weighted by molar-refractivity contribution is 5.95. The van der Waals surface area contributed by atoms with Crippen LogP contribution in [0.5, 0.6) is 5.75 Å². The number of amides is 2. The maximum absolute atomic E-state index is 13.1. The van der Waals surface area contributed by atoms with E-state index in [-0.39, 0.29) is 24.4 Å². The van der Waals surface area contributed by atoms with Crippen LogP contribution in [0.1, 0.15) is 28.8 Å². The first kappa shape index (κ1) is 17.0. The molecular formula is C19H19FN2O3. The van der Waals surface area contributed by atoms with Gasteiger partial charge in [-0.15, -0.1) is 0 Å². The zero-order chi connectivity index (χ0) is 17.8. The minimum absolute atomic E-state index is 0.114. The Hall–Kier alpha value is -2.89. The van der Waals surface area contributed by atoms with E-state index in [4.69, 9.17) is 10.5 Å². The van der Waals surface area contributed by atoms with Crippen molar-refractivity contribution >= 4 is 11.8 Å². The number of benzene rings is 2. The third kappa shape index (κ3) is 4.56. The van der Waals surface area contributed by atoms with Crippen molar-refractivity contribution in [2.45, 2.75) is 25.4 Å². The van der Waals surface area contributed by atoms with E-state index in [0.717, 1.165) is 18.4 Å². The minimum Gasteiger partial charge on any atom is -0.484 e. The molecule has 25 heavy (non-hydrogen) atoms. The molecule has 0 atom stereocenters. The summed E-state index contributed by atoms with van der Waals surface area (Å²) in [6.07, 6.45) is 1.93. The van der Waals surface area contributed by atoms with Gasteiger partial charge in [0.2, 0.25) is 0 Å². The number of halogens is 1. The van der Waals surface area contributed by atoms with Gasteiger partial charge in [0.15, 0.2) is 6.61 Å². The zero-order valence-electron chi connectivity index (χ0n) is 13.7. The quantitative estimate of drug-likeness (QED) is 0.840. The highest BCUT2D eigenvalue weighted by Crippen LogP contribution is 2.30. The number of hydrogen-bond acceptors (Lipinski definition) is 3. The summed E-state index contributed by atoms with van der Waals surface area (Å²) in [5.74, 6) is -0.571. The van der Waals surface area contributed by atoms with Gasteiger partial charge in [0.05, 0.1) is 0 Å². The molecule has 1 aliphatic carbocycles. The van der Waals surface area contributed by atoms with Gasteiger partial charge in [-0.05, 0) is 48.7 Å². The van der Waals surface area contributed by atoms with Crippen molar-refractivity contribution in [1.82, 2.24) is 4.90 Å². The molecule has 0 aliphatic heterocycles. The summed E-state index contributed by atoms with van der Waals surface area (Å²) in [6, 6.07) is 13.0. The van der Waals surface area contributed by atoms with Crippen LogP contribution in [0.3, 0.4) is 0 Å². The van der Waals surface area contributed by atoms with E-state index in [1.54, 1.807) is 41.3 Å². The maximum Gasteiger partial charge on any atom is 0.255 e. The fraction of sp³-hybridized carbons (Fsp3) is 0.263. The molecule has 6 heteroatoms. The summed E-state index contributed by atoms with van der Waals surface area (Å²) in [7, 11) is 0. The van der Waals surface area contributed by atoms with Gasteiger partial charge >= 0.3 is 0 Å². The van der Waals surface area contributed by atoms with E-state index in [1.807, 2.05) is 0 Å². The number of hydrogen-bond donors (Lipinski definition) is 1. The highest BCUT2D eigenvalue weighted by atomic mass is 19.1. The molecule has 2 aromatic rings. The Bertz CT molecular complexity index is 772. The van der Waals surface area contributed by atoms with Crippen molar-refractivity contribution in [3.63, 3.8) is 0 Å². The summed E-state index contributed by atoms with van der Waals surface area (Å²) in [5.41, 5.74) is 6.43. The first-order valence-electron chi connectivity index (χ1n) is 8.09. The zero-order valence-corrected chi connectivity index (χ0v) is 13.7. The predicted octanol–water partition coefficient (Wildman–Crippen LogP) is 2.49. The fourth-order valence-corrected chi connectivity index (χ4v) is 2.58. The summed E-state index contributed by atoms with van der Waals surface area (Å²) in [4.78, 5) is 25.5. The van der Waals surface area contributed by atoms with Crippen LogP contribution in [0.4, 0.5) is 4.39 Å². The molecule has 1 aliphatic rings. The third-order valence-electron chi connectivity index (χ3n) is 3.98. The molecule has 1 fully saturated rings. The third-order valence-corrected chi connectivity index (χ3v) is 3.98. The van der Waals surface area contributed by atoms with Crippen molar-refractivity contribution in [3.8, 4) is 5.75 Å². The molecule has 0 aromatic heterocycles. The number of rotatable bonds is 7. The average Bonchev–Trinajstić information content (AvgIpc) is 3.44. The average molecular weight is 342 g/mol. The standard InChI is InChI=1S/C19H19FN2O3/c20-15-6-4-13(5-7-15)11-22(16-8-9-16)19(24)14-2-1-3-17(10-14)25-12-18(21)23/h1-7,10,16H,8-9,11-12H2,(H2,21,23). The van der Waals surface area contributed by atoms with Gasteiger partial charge < -0.3 is 15.4 Å². The van der Waals surface area contributed by atoms with Crippen LogP contribution in [-0.4, -0.2) is 29.4 Å². The molecule has 1 saturated carbocycles. The van der Waals surface area contributed by atoms with Crippen LogP contribution in [-0.2, 0) is 11.3 Å². The molecule has 3 rings (SSSR count). The van der Waals surface area contributed by atoms with Crippen molar-refractivity contribution < 1.29 is 18.7 Å². The van der Waals surface area contributed by atoms with Crippen LogP contribution in [0.25, 0.3) is 0 Å². The van der Waals surface area contributed by atoms with Gasteiger partial charge in [-0.2, -0.15) is 0 Å². The van der Waals surface area contributed by atoms with Gasteiger partial charge in [0.25, 0.3) is 11.8 Å². The smallest absolute Gasteiger partial charge is 0.255 e. The van der Waals surface area contributed by atoms with Crippen molar-refractivity contribution in [3.05, 3.63) is 65.5 Å². The Morgan fingerprint density at radius 2 is 1.88 bits per heavy atom. The molecule has 0 radical (unpaired) electrons. The lowest BCUT2D eigenvalue weighted by molar-refractivity contribution is -0.119. The number of carbonyl (C=O) groups excluding carboxylic acids is 2. The molecule has 0 saturated heterocycles. The van der Waals surface area contributed by atoms with Gasteiger partial charge in [0.1, 0.15) is 11.6 Å². The van der Waals surface area contributed by atoms with E-state index >= 15 is 0 Å². The van der Waals surface area contributed by atoms with E-state index in [1.165, 1.54) is 12.1 Å². The lowest BCUT2D eigenvalue weighted by Crippen LogP contribution is -2.32. The summed E-state index contributed by atoms with van der Waals surface area (Å²) in [6.45, 7) is 0.190. The van der Waals surface area contributed by atoms with Crippen LogP contribution >= 0.6 is 0 Å². The summed E-state index contributed by atoms with van der Waals surface area (Å²) >= 11 is 0. The number of ether oxygens (including phenoxy) is 1. The second-order valence-corrected chi connectivity index (χ2v) is 6.07. The number of nitrogens with zero attached hydrogens (tertiary/aromatic N) is 1. The SMILES string of the molecule is NC(=O)COc1cccc(C(=O)N(Cc2ccc(F)cc2)C2CC2)c1. The van der Waals surface area contributed by atoms with E-state index in [2.05, 4.69) is 0 Å². The molecule has 130 valence electrons. The van der Waals surface area contributed by atoms with Gasteiger partial charge in [-0.25, -0.2) is 4.39 Å². The number of nitrogens with two attached hydrogens (primary N) is 1.